The molecule has 0 aliphatic carbocycles. The molecule has 0 bridgehead atoms. The van der Waals surface area contributed by atoms with Gasteiger partial charge in [0.25, 0.3) is 0 Å². The summed E-state index contributed by atoms with van der Waals surface area (Å²) in [5.74, 6) is 0.406. The Kier molecular flexibility index (Phi) is 2.82. The highest BCUT2D eigenvalue weighted by Crippen LogP contribution is 2.30. The van der Waals surface area contributed by atoms with E-state index < -0.39 is 0 Å². The smallest absolute Gasteiger partial charge is 0.194 e. The lowest BCUT2D eigenvalue weighted by Crippen LogP contribution is -2.14. The van der Waals surface area contributed by atoms with Crippen LogP contribution >= 0.6 is 0 Å². The molecule has 1 aromatic carbocycles. The fourth-order valence-electron chi connectivity index (χ4n) is 1.84. The van der Waals surface area contributed by atoms with E-state index in [2.05, 4.69) is 32.9 Å². The van der Waals surface area contributed by atoms with Crippen molar-refractivity contribution in [1.29, 1.82) is 0 Å². The quantitative estimate of drug-likeness (QED) is 0.735. The number of furan rings is 1. The average Bonchev–Trinajstić information content (AvgIpc) is 2.71. The number of Topliss-reactive ketones (excluding diaryl/α,β-unsaturated/α-hetero) is 1. The fraction of sp³-hybridized carbons (Fsp3) is 0.400. The fourth-order valence-corrected chi connectivity index (χ4v) is 1.84. The summed E-state index contributed by atoms with van der Waals surface area (Å²) in [5, 5.41) is 1.01. The van der Waals surface area contributed by atoms with Crippen LogP contribution in [0.2, 0.25) is 0 Å². The minimum Gasteiger partial charge on any atom is -0.453 e. The normalized spacial score (nSPS) is 12.0. The average molecular weight is 230 g/mol. The first-order chi connectivity index (χ1) is 7.94. The van der Waals surface area contributed by atoms with E-state index in [9.17, 15) is 4.79 Å². The predicted octanol–water partition coefficient (Wildman–Crippen LogP) is 4.32. The van der Waals surface area contributed by atoms with Crippen LogP contribution in [0.15, 0.2) is 28.7 Å². The van der Waals surface area contributed by atoms with Crippen LogP contribution in [-0.4, -0.2) is 5.78 Å². The van der Waals surface area contributed by atoms with Crippen molar-refractivity contribution in [2.24, 2.45) is 0 Å². The summed E-state index contributed by atoms with van der Waals surface area (Å²) >= 11 is 0. The Morgan fingerprint density at radius 2 is 2.00 bits per heavy atom. The number of ketones is 1. The number of carbonyl (C=O) groups is 1. The molecule has 1 heterocycles. The van der Waals surface area contributed by atoms with Gasteiger partial charge < -0.3 is 4.42 Å². The lowest BCUT2D eigenvalue weighted by molar-refractivity contribution is 0.0989. The third kappa shape index (κ3) is 2.12. The van der Waals surface area contributed by atoms with Gasteiger partial charge in [0.05, 0.1) is 0 Å². The number of benzene rings is 1. The van der Waals surface area contributed by atoms with Crippen molar-refractivity contribution < 1.29 is 9.21 Å². The molecule has 1 aromatic heterocycles. The zero-order valence-corrected chi connectivity index (χ0v) is 10.8. The Hall–Kier alpha value is -1.57. The molecule has 2 aromatic rings. The summed E-state index contributed by atoms with van der Waals surface area (Å²) in [7, 11) is 0. The van der Waals surface area contributed by atoms with Crippen molar-refractivity contribution in [3.8, 4) is 0 Å². The van der Waals surface area contributed by atoms with Gasteiger partial charge in [-0.2, -0.15) is 0 Å². The first-order valence-electron chi connectivity index (χ1n) is 5.99. The van der Waals surface area contributed by atoms with E-state index in [1.165, 1.54) is 12.5 Å². The summed E-state index contributed by atoms with van der Waals surface area (Å²) in [6.07, 6.45) is 1.08. The van der Waals surface area contributed by atoms with Crippen LogP contribution in [0.1, 0.15) is 50.2 Å². The summed E-state index contributed by atoms with van der Waals surface area (Å²) in [5.41, 5.74) is 2.22. The molecule has 0 aliphatic heterocycles. The van der Waals surface area contributed by atoms with Crippen LogP contribution in [0.3, 0.4) is 0 Å². The van der Waals surface area contributed by atoms with Gasteiger partial charge in [-0.25, -0.2) is 0 Å². The van der Waals surface area contributed by atoms with Gasteiger partial charge in [0.1, 0.15) is 5.58 Å². The third-order valence-corrected chi connectivity index (χ3v) is 3.53. The Bertz CT molecular complexity index is 561. The summed E-state index contributed by atoms with van der Waals surface area (Å²) in [6.45, 7) is 8.15. The van der Waals surface area contributed by atoms with Crippen molar-refractivity contribution in [3.63, 3.8) is 0 Å². The van der Waals surface area contributed by atoms with Crippen LogP contribution in [0.4, 0.5) is 0 Å². The molecule has 0 amide bonds. The molecule has 0 saturated heterocycles. The molecule has 0 aliphatic rings. The van der Waals surface area contributed by atoms with Crippen LogP contribution in [0, 0.1) is 0 Å². The topological polar surface area (TPSA) is 30.2 Å². The second kappa shape index (κ2) is 4.02. The molecule has 0 radical (unpaired) electrons. The van der Waals surface area contributed by atoms with E-state index in [-0.39, 0.29) is 11.2 Å². The highest BCUT2D eigenvalue weighted by molar-refractivity contribution is 5.96. The number of rotatable bonds is 3. The van der Waals surface area contributed by atoms with Crippen molar-refractivity contribution in [3.05, 3.63) is 35.6 Å². The molecule has 0 N–H and O–H groups in total. The maximum Gasteiger partial charge on any atom is 0.194 e. The molecule has 0 atom stereocenters. The third-order valence-electron chi connectivity index (χ3n) is 3.53. The Balaban J connectivity index is 2.54. The molecule has 17 heavy (non-hydrogen) atoms. The van der Waals surface area contributed by atoms with E-state index in [1.807, 2.05) is 12.1 Å². The van der Waals surface area contributed by atoms with Crippen LogP contribution < -0.4 is 0 Å². The molecule has 2 heteroatoms. The standard InChI is InChI=1S/C15H18O2/c1-5-15(3,4)12-6-7-13-11(8-12)9-14(17-13)10(2)16/h6-9H,5H2,1-4H3. The first kappa shape index (κ1) is 11.9. The minimum atomic E-state index is -0.0301. The molecule has 0 fully saturated rings. The van der Waals surface area contributed by atoms with Gasteiger partial charge in [0, 0.05) is 12.3 Å². The van der Waals surface area contributed by atoms with E-state index in [4.69, 9.17) is 4.42 Å². The zero-order chi connectivity index (χ0) is 12.6. The molecule has 90 valence electrons. The van der Waals surface area contributed by atoms with Crippen molar-refractivity contribution in [2.45, 2.75) is 39.5 Å². The molecule has 0 spiro atoms. The van der Waals surface area contributed by atoms with Crippen molar-refractivity contribution in [1.82, 2.24) is 0 Å². The van der Waals surface area contributed by atoms with Gasteiger partial charge in [-0.3, -0.25) is 4.79 Å². The van der Waals surface area contributed by atoms with Gasteiger partial charge in [-0.1, -0.05) is 26.8 Å². The Labute approximate surface area is 102 Å². The zero-order valence-electron chi connectivity index (χ0n) is 10.8. The summed E-state index contributed by atoms with van der Waals surface area (Å²) < 4.78 is 5.48. The van der Waals surface area contributed by atoms with Crippen molar-refractivity contribution >= 4 is 16.8 Å². The van der Waals surface area contributed by atoms with E-state index >= 15 is 0 Å². The highest BCUT2D eigenvalue weighted by atomic mass is 16.3. The van der Waals surface area contributed by atoms with E-state index in [1.54, 1.807) is 0 Å². The van der Waals surface area contributed by atoms with Crippen LogP contribution in [0.5, 0.6) is 0 Å². The number of hydrogen-bond acceptors (Lipinski definition) is 2. The maximum atomic E-state index is 11.3. The van der Waals surface area contributed by atoms with E-state index in [0.29, 0.717) is 5.76 Å². The SMILES string of the molecule is CCC(C)(C)c1ccc2oc(C(C)=O)cc2c1. The first-order valence-corrected chi connectivity index (χ1v) is 5.99. The van der Waals surface area contributed by atoms with Gasteiger partial charge in [-0.15, -0.1) is 0 Å². The lowest BCUT2D eigenvalue weighted by Gasteiger charge is -2.23. The molecule has 2 nitrogen and oxygen atoms in total. The van der Waals surface area contributed by atoms with E-state index in [0.717, 1.165) is 17.4 Å². The molecule has 0 saturated carbocycles. The van der Waals surface area contributed by atoms with Gasteiger partial charge in [0.2, 0.25) is 0 Å². The summed E-state index contributed by atoms with van der Waals surface area (Å²) in [6, 6.07) is 7.98. The second-order valence-corrected chi connectivity index (χ2v) is 5.16. The van der Waals surface area contributed by atoms with Gasteiger partial charge >= 0.3 is 0 Å². The highest BCUT2D eigenvalue weighted by Gasteiger charge is 2.19. The second-order valence-electron chi connectivity index (χ2n) is 5.16. The lowest BCUT2D eigenvalue weighted by atomic mass is 9.82. The number of fused-ring (bicyclic) bond motifs is 1. The molecule has 2 rings (SSSR count). The molecular formula is C15H18O2. The maximum absolute atomic E-state index is 11.3. The molecular weight excluding hydrogens is 212 g/mol. The summed E-state index contributed by atoms with van der Waals surface area (Å²) in [4.78, 5) is 11.3. The molecule has 0 unspecified atom stereocenters. The van der Waals surface area contributed by atoms with Crippen molar-refractivity contribution in [2.75, 3.05) is 0 Å². The van der Waals surface area contributed by atoms with Crippen LogP contribution in [-0.2, 0) is 5.41 Å². The minimum absolute atomic E-state index is 0.0301. The largest absolute Gasteiger partial charge is 0.453 e. The number of carbonyl (C=O) groups excluding carboxylic acids is 1. The van der Waals surface area contributed by atoms with Crippen LogP contribution in [0.25, 0.3) is 11.0 Å². The Morgan fingerprint density at radius 3 is 2.59 bits per heavy atom. The van der Waals surface area contributed by atoms with Gasteiger partial charge in [0.15, 0.2) is 11.5 Å². The number of hydrogen-bond donors (Lipinski definition) is 0. The Morgan fingerprint density at radius 1 is 1.29 bits per heavy atom. The predicted molar refractivity (Wildman–Crippen MR) is 69.5 cm³/mol. The monoisotopic (exact) mass is 230 g/mol. The van der Waals surface area contributed by atoms with Gasteiger partial charge in [-0.05, 0) is 35.6 Å².